The van der Waals surface area contributed by atoms with E-state index in [1.54, 1.807) is 12.1 Å². The molecule has 0 saturated carbocycles. The first-order chi connectivity index (χ1) is 16.0. The fourth-order valence-corrected chi connectivity index (χ4v) is 4.01. The molecule has 0 aliphatic carbocycles. The number of ether oxygens (including phenoxy) is 1. The Bertz CT molecular complexity index is 1280. The first-order valence-corrected chi connectivity index (χ1v) is 11.4. The van der Waals surface area contributed by atoms with Crippen LogP contribution in [-0.2, 0) is 6.42 Å². The molecule has 0 aliphatic rings. The number of hydrogen-bond donors (Lipinski definition) is 0. The van der Waals surface area contributed by atoms with E-state index in [-0.39, 0.29) is 29.1 Å². The van der Waals surface area contributed by atoms with Gasteiger partial charge in [-0.1, -0.05) is 57.4 Å². The first-order valence-electron chi connectivity index (χ1n) is 11.4. The van der Waals surface area contributed by atoms with Gasteiger partial charge in [-0.2, -0.15) is 4.39 Å². The number of aryl methyl sites for hydroxylation is 1. The third kappa shape index (κ3) is 4.43. The monoisotopic (exact) mass is 458 g/mol. The molecule has 4 rings (SSSR count). The van der Waals surface area contributed by atoms with Crippen LogP contribution in [0.25, 0.3) is 33.1 Å². The zero-order chi connectivity index (χ0) is 23.5. The number of furan rings is 1. The summed E-state index contributed by atoms with van der Waals surface area (Å²) in [6, 6.07) is 9.72. The minimum absolute atomic E-state index is 0.00184. The molecule has 174 valence electrons. The molecule has 2 nitrogen and oxygen atoms in total. The molecule has 4 aromatic rings. The van der Waals surface area contributed by atoms with Crippen molar-refractivity contribution >= 4 is 21.9 Å². The highest BCUT2D eigenvalue weighted by Gasteiger charge is 2.25. The van der Waals surface area contributed by atoms with Crippen molar-refractivity contribution in [3.63, 3.8) is 0 Å². The molecule has 1 heterocycles. The van der Waals surface area contributed by atoms with Gasteiger partial charge < -0.3 is 9.15 Å². The van der Waals surface area contributed by atoms with E-state index in [1.165, 1.54) is 12.1 Å². The highest BCUT2D eigenvalue weighted by atomic mass is 19.2. The summed E-state index contributed by atoms with van der Waals surface area (Å²) < 4.78 is 70.6. The molecule has 3 aromatic carbocycles. The Morgan fingerprint density at radius 1 is 0.727 bits per heavy atom. The molecule has 0 radical (unpaired) electrons. The first kappa shape index (κ1) is 23.1. The van der Waals surface area contributed by atoms with Gasteiger partial charge in [-0.05, 0) is 36.5 Å². The number of unbranched alkanes of at least 4 members (excludes halogenated alkanes) is 3. The lowest BCUT2D eigenvalue weighted by Crippen LogP contribution is -2.01. The van der Waals surface area contributed by atoms with E-state index in [1.807, 2.05) is 19.1 Å². The highest BCUT2D eigenvalue weighted by Crippen LogP contribution is 2.40. The molecule has 1 aromatic heterocycles. The molecule has 0 aliphatic heterocycles. The van der Waals surface area contributed by atoms with Crippen molar-refractivity contribution in [3.05, 3.63) is 65.2 Å². The number of benzene rings is 3. The predicted molar refractivity (Wildman–Crippen MR) is 123 cm³/mol. The summed E-state index contributed by atoms with van der Waals surface area (Å²) in [5.74, 6) is -5.27. The van der Waals surface area contributed by atoms with Crippen molar-refractivity contribution in [2.75, 3.05) is 6.61 Å². The summed E-state index contributed by atoms with van der Waals surface area (Å²) in [5, 5.41) is -0.846. The fourth-order valence-electron chi connectivity index (χ4n) is 4.01. The molecule has 0 spiro atoms. The molecule has 33 heavy (non-hydrogen) atoms. The third-order valence-corrected chi connectivity index (χ3v) is 5.87. The molecule has 0 saturated heterocycles. The third-order valence-electron chi connectivity index (χ3n) is 5.87. The summed E-state index contributed by atoms with van der Waals surface area (Å²) in [6.45, 7) is 4.34. The lowest BCUT2D eigenvalue weighted by atomic mass is 9.99. The zero-order valence-corrected chi connectivity index (χ0v) is 18.7. The van der Waals surface area contributed by atoms with E-state index >= 15 is 8.78 Å². The van der Waals surface area contributed by atoms with Gasteiger partial charge >= 0.3 is 0 Å². The molecule has 6 heteroatoms. The summed E-state index contributed by atoms with van der Waals surface area (Å²) in [7, 11) is 0. The zero-order valence-electron chi connectivity index (χ0n) is 18.7. The second-order valence-electron chi connectivity index (χ2n) is 8.26. The predicted octanol–water partition coefficient (Wildman–Crippen LogP) is 8.72. The van der Waals surface area contributed by atoms with E-state index in [0.717, 1.165) is 37.7 Å². The molecule has 0 N–H and O–H groups in total. The average molecular weight is 458 g/mol. The van der Waals surface area contributed by atoms with Gasteiger partial charge in [-0.3, -0.25) is 0 Å². The van der Waals surface area contributed by atoms with Crippen molar-refractivity contribution < 1.29 is 26.7 Å². The smallest absolute Gasteiger partial charge is 0.201 e. The van der Waals surface area contributed by atoms with E-state index in [4.69, 9.17) is 9.15 Å². The number of rotatable bonds is 9. The van der Waals surface area contributed by atoms with Crippen LogP contribution in [0, 0.1) is 23.3 Å². The maximum atomic E-state index is 15.1. The highest BCUT2D eigenvalue weighted by molar-refractivity contribution is 6.07. The average Bonchev–Trinajstić information content (AvgIpc) is 3.19. The minimum Gasteiger partial charge on any atom is -0.490 e. The van der Waals surface area contributed by atoms with Gasteiger partial charge in [0.1, 0.15) is 11.2 Å². The Morgan fingerprint density at radius 2 is 1.36 bits per heavy atom. The van der Waals surface area contributed by atoms with Gasteiger partial charge in [-0.15, -0.1) is 0 Å². The summed E-state index contributed by atoms with van der Waals surface area (Å²) in [5.41, 5.74) is 1.42. The van der Waals surface area contributed by atoms with Crippen LogP contribution in [0.3, 0.4) is 0 Å². The van der Waals surface area contributed by atoms with Crippen molar-refractivity contribution in [2.45, 2.75) is 52.4 Å². The normalized spacial score (nSPS) is 11.6. The summed E-state index contributed by atoms with van der Waals surface area (Å²) in [6.07, 6.45) is 5.55. The van der Waals surface area contributed by atoms with Gasteiger partial charge in [0.25, 0.3) is 0 Å². The molecule has 0 atom stereocenters. The van der Waals surface area contributed by atoms with Gasteiger partial charge in [0.2, 0.25) is 5.82 Å². The second-order valence-corrected chi connectivity index (χ2v) is 8.26. The van der Waals surface area contributed by atoms with E-state index < -0.39 is 34.0 Å². The van der Waals surface area contributed by atoms with Crippen molar-refractivity contribution in [2.24, 2.45) is 0 Å². The fraction of sp³-hybridized carbons (Fsp3) is 0.333. The van der Waals surface area contributed by atoms with Crippen LogP contribution in [-0.4, -0.2) is 6.61 Å². The SMILES string of the molecule is CCCCCOc1cc2oc3cc(-c4ccc(CCCC)cc4)c(F)c(F)c3c2c(F)c1F. The Balaban J connectivity index is 1.78. The molecule has 0 fully saturated rings. The van der Waals surface area contributed by atoms with E-state index in [0.29, 0.717) is 12.0 Å². The van der Waals surface area contributed by atoms with Gasteiger partial charge in [0, 0.05) is 11.6 Å². The van der Waals surface area contributed by atoms with E-state index in [2.05, 4.69) is 6.92 Å². The van der Waals surface area contributed by atoms with Crippen LogP contribution in [0.4, 0.5) is 17.6 Å². The van der Waals surface area contributed by atoms with Crippen molar-refractivity contribution in [3.8, 4) is 16.9 Å². The Morgan fingerprint density at radius 3 is 2.03 bits per heavy atom. The van der Waals surface area contributed by atoms with Crippen LogP contribution in [0.15, 0.2) is 40.8 Å². The van der Waals surface area contributed by atoms with Crippen molar-refractivity contribution in [1.29, 1.82) is 0 Å². The summed E-state index contributed by atoms with van der Waals surface area (Å²) in [4.78, 5) is 0. The van der Waals surface area contributed by atoms with Crippen LogP contribution in [0.5, 0.6) is 5.75 Å². The number of hydrogen-bond acceptors (Lipinski definition) is 2. The largest absolute Gasteiger partial charge is 0.490 e. The standard InChI is InChI=1S/C27H26F4O2/c1-3-5-7-13-32-21-15-20-23(27(31)25(21)29)22-19(33-20)14-18(24(28)26(22)30)17-11-9-16(10-12-17)8-6-4-2/h9-12,14-15H,3-8,13H2,1-2H3. The Hall–Kier alpha value is -3.02. The maximum Gasteiger partial charge on any atom is 0.201 e. The van der Waals surface area contributed by atoms with Crippen molar-refractivity contribution in [1.82, 2.24) is 0 Å². The minimum atomic E-state index is -1.32. The lowest BCUT2D eigenvalue weighted by Gasteiger charge is -2.08. The van der Waals surface area contributed by atoms with Crippen LogP contribution < -0.4 is 4.74 Å². The van der Waals surface area contributed by atoms with Crippen LogP contribution in [0.2, 0.25) is 0 Å². The lowest BCUT2D eigenvalue weighted by molar-refractivity contribution is 0.287. The quantitative estimate of drug-likeness (QED) is 0.185. The Kier molecular flexibility index (Phi) is 6.91. The molecule has 0 bridgehead atoms. The topological polar surface area (TPSA) is 22.4 Å². The van der Waals surface area contributed by atoms with Gasteiger partial charge in [0.05, 0.1) is 17.4 Å². The van der Waals surface area contributed by atoms with Gasteiger partial charge in [-0.25, -0.2) is 13.2 Å². The van der Waals surface area contributed by atoms with Gasteiger partial charge in [0.15, 0.2) is 23.2 Å². The second kappa shape index (κ2) is 9.86. The Labute approximate surface area is 190 Å². The maximum absolute atomic E-state index is 15.1. The molecular formula is C27H26F4O2. The van der Waals surface area contributed by atoms with E-state index in [9.17, 15) is 8.78 Å². The molecular weight excluding hydrogens is 432 g/mol. The van der Waals surface area contributed by atoms with Crippen LogP contribution in [0.1, 0.15) is 51.5 Å². The summed E-state index contributed by atoms with van der Waals surface area (Å²) >= 11 is 0. The molecule has 0 amide bonds. The number of halogens is 4. The van der Waals surface area contributed by atoms with Crippen LogP contribution >= 0.6 is 0 Å². The molecule has 0 unspecified atom stereocenters. The number of fused-ring (bicyclic) bond motifs is 3.